The summed E-state index contributed by atoms with van der Waals surface area (Å²) in [5, 5.41) is 4.25. The van der Waals surface area contributed by atoms with E-state index in [9.17, 15) is 4.79 Å². The molecule has 1 aromatic rings. The number of carbonyl (C=O) groups is 1. The first-order valence-corrected chi connectivity index (χ1v) is 8.68. The maximum absolute atomic E-state index is 12.0. The SMILES string of the molecule is O=C(Cc1ccc(Br)cc1)NC1CCC(CBr)CC1. The molecule has 1 aliphatic rings. The van der Waals surface area contributed by atoms with Crippen LogP contribution in [-0.4, -0.2) is 17.3 Å². The molecule has 0 aromatic heterocycles. The van der Waals surface area contributed by atoms with Crippen LogP contribution in [0.4, 0.5) is 0 Å². The van der Waals surface area contributed by atoms with Gasteiger partial charge < -0.3 is 5.32 Å². The first-order chi connectivity index (χ1) is 9.17. The van der Waals surface area contributed by atoms with Gasteiger partial charge in [0.1, 0.15) is 0 Å². The fourth-order valence-corrected chi connectivity index (χ4v) is 3.44. The minimum Gasteiger partial charge on any atom is -0.353 e. The minimum atomic E-state index is 0.143. The molecule has 0 radical (unpaired) electrons. The second-order valence-electron chi connectivity index (χ2n) is 5.24. The van der Waals surface area contributed by atoms with Gasteiger partial charge in [-0.05, 0) is 49.3 Å². The molecule has 1 N–H and O–H groups in total. The number of alkyl halides is 1. The van der Waals surface area contributed by atoms with Gasteiger partial charge in [-0.1, -0.05) is 44.0 Å². The highest BCUT2D eigenvalue weighted by Crippen LogP contribution is 2.25. The second-order valence-corrected chi connectivity index (χ2v) is 6.81. The molecule has 4 heteroatoms. The molecule has 0 bridgehead atoms. The quantitative estimate of drug-likeness (QED) is 0.774. The Bertz CT molecular complexity index is 411. The van der Waals surface area contributed by atoms with Crippen molar-refractivity contribution in [1.82, 2.24) is 5.32 Å². The van der Waals surface area contributed by atoms with Gasteiger partial charge in [-0.2, -0.15) is 0 Å². The van der Waals surface area contributed by atoms with Crippen molar-refractivity contribution in [2.75, 3.05) is 5.33 Å². The Kier molecular flexibility index (Phi) is 5.89. The smallest absolute Gasteiger partial charge is 0.224 e. The van der Waals surface area contributed by atoms with Crippen molar-refractivity contribution in [2.45, 2.75) is 38.1 Å². The van der Waals surface area contributed by atoms with E-state index < -0.39 is 0 Å². The fraction of sp³-hybridized carbons (Fsp3) is 0.533. The van der Waals surface area contributed by atoms with Crippen LogP contribution in [0.1, 0.15) is 31.2 Å². The normalized spacial score (nSPS) is 23.1. The van der Waals surface area contributed by atoms with Crippen LogP contribution in [-0.2, 0) is 11.2 Å². The number of benzene rings is 1. The summed E-state index contributed by atoms with van der Waals surface area (Å²) in [4.78, 5) is 12.0. The summed E-state index contributed by atoms with van der Waals surface area (Å²) in [6, 6.07) is 8.31. The lowest BCUT2D eigenvalue weighted by Gasteiger charge is -2.28. The van der Waals surface area contributed by atoms with Crippen LogP contribution in [0, 0.1) is 5.92 Å². The van der Waals surface area contributed by atoms with E-state index in [4.69, 9.17) is 0 Å². The first-order valence-electron chi connectivity index (χ1n) is 6.77. The van der Waals surface area contributed by atoms with Gasteiger partial charge in [0.15, 0.2) is 0 Å². The number of carbonyl (C=O) groups excluding carboxylic acids is 1. The Morgan fingerprint density at radius 3 is 2.37 bits per heavy atom. The second kappa shape index (κ2) is 7.44. The molecule has 0 heterocycles. The molecule has 2 nitrogen and oxygen atoms in total. The van der Waals surface area contributed by atoms with Gasteiger partial charge in [0.2, 0.25) is 5.91 Å². The van der Waals surface area contributed by atoms with Crippen molar-refractivity contribution in [3.05, 3.63) is 34.3 Å². The maximum Gasteiger partial charge on any atom is 0.224 e. The standard InChI is InChI=1S/C15H19Br2NO/c16-10-12-3-7-14(8-4-12)18-15(19)9-11-1-5-13(17)6-2-11/h1-2,5-6,12,14H,3-4,7-10H2,(H,18,19). The van der Waals surface area contributed by atoms with E-state index in [-0.39, 0.29) is 5.91 Å². The molecule has 0 aliphatic heterocycles. The Hall–Kier alpha value is -0.350. The van der Waals surface area contributed by atoms with Crippen molar-refractivity contribution < 1.29 is 4.79 Å². The van der Waals surface area contributed by atoms with Crippen molar-refractivity contribution in [3.8, 4) is 0 Å². The molecular formula is C15H19Br2NO. The molecule has 1 fully saturated rings. The van der Waals surface area contributed by atoms with Gasteiger partial charge >= 0.3 is 0 Å². The van der Waals surface area contributed by atoms with Gasteiger partial charge in [0.05, 0.1) is 6.42 Å². The lowest BCUT2D eigenvalue weighted by atomic mass is 9.87. The zero-order valence-corrected chi connectivity index (χ0v) is 14.0. The molecule has 2 rings (SSSR count). The van der Waals surface area contributed by atoms with E-state index >= 15 is 0 Å². The third kappa shape index (κ3) is 4.92. The van der Waals surface area contributed by atoms with Crippen LogP contribution in [0.2, 0.25) is 0 Å². The van der Waals surface area contributed by atoms with Gasteiger partial charge in [0, 0.05) is 15.8 Å². The molecule has 1 saturated carbocycles. The highest BCUT2D eigenvalue weighted by Gasteiger charge is 2.21. The number of hydrogen-bond donors (Lipinski definition) is 1. The van der Waals surface area contributed by atoms with Crippen molar-refractivity contribution in [1.29, 1.82) is 0 Å². The zero-order valence-electron chi connectivity index (χ0n) is 10.9. The third-order valence-electron chi connectivity index (χ3n) is 3.71. The van der Waals surface area contributed by atoms with Gasteiger partial charge in [-0.25, -0.2) is 0 Å². The van der Waals surface area contributed by atoms with E-state index in [1.165, 1.54) is 12.8 Å². The molecule has 0 saturated heterocycles. The summed E-state index contributed by atoms with van der Waals surface area (Å²) in [6.07, 6.45) is 5.14. The molecule has 19 heavy (non-hydrogen) atoms. The first kappa shape index (κ1) is 15.0. The zero-order chi connectivity index (χ0) is 13.7. The lowest BCUT2D eigenvalue weighted by Crippen LogP contribution is -2.38. The summed E-state index contributed by atoms with van der Waals surface area (Å²) in [5.74, 6) is 0.934. The third-order valence-corrected chi connectivity index (χ3v) is 5.15. The summed E-state index contributed by atoms with van der Waals surface area (Å²) in [7, 11) is 0. The van der Waals surface area contributed by atoms with Crippen LogP contribution in [0.25, 0.3) is 0 Å². The van der Waals surface area contributed by atoms with Crippen molar-refractivity contribution >= 4 is 37.8 Å². The van der Waals surface area contributed by atoms with Crippen LogP contribution in [0.5, 0.6) is 0 Å². The fourth-order valence-electron chi connectivity index (χ4n) is 2.53. The van der Waals surface area contributed by atoms with Gasteiger partial charge in [0.25, 0.3) is 0 Å². The van der Waals surface area contributed by atoms with E-state index in [2.05, 4.69) is 37.2 Å². The maximum atomic E-state index is 12.0. The van der Waals surface area contributed by atoms with E-state index in [0.29, 0.717) is 12.5 Å². The Balaban J connectivity index is 1.77. The molecule has 104 valence electrons. The van der Waals surface area contributed by atoms with E-state index in [1.807, 2.05) is 24.3 Å². The highest BCUT2D eigenvalue weighted by molar-refractivity contribution is 9.10. The lowest BCUT2D eigenvalue weighted by molar-refractivity contribution is -0.121. The van der Waals surface area contributed by atoms with E-state index in [1.54, 1.807) is 0 Å². The molecule has 1 amide bonds. The van der Waals surface area contributed by atoms with Crippen LogP contribution in [0.3, 0.4) is 0 Å². The molecule has 0 atom stereocenters. The number of halogens is 2. The van der Waals surface area contributed by atoms with Crippen molar-refractivity contribution in [2.24, 2.45) is 5.92 Å². The average Bonchev–Trinajstić information content (AvgIpc) is 2.42. The van der Waals surface area contributed by atoms with Gasteiger partial charge in [-0.15, -0.1) is 0 Å². The summed E-state index contributed by atoms with van der Waals surface area (Å²) < 4.78 is 1.05. The summed E-state index contributed by atoms with van der Waals surface area (Å²) >= 11 is 6.94. The number of amides is 1. The number of nitrogens with one attached hydrogen (secondary N) is 1. The largest absolute Gasteiger partial charge is 0.353 e. The van der Waals surface area contributed by atoms with Crippen LogP contribution in [0.15, 0.2) is 28.7 Å². The summed E-state index contributed by atoms with van der Waals surface area (Å²) in [6.45, 7) is 0. The molecule has 0 spiro atoms. The topological polar surface area (TPSA) is 29.1 Å². The predicted octanol–water partition coefficient (Wildman–Crippen LogP) is 4.06. The molecular weight excluding hydrogens is 370 g/mol. The highest BCUT2D eigenvalue weighted by atomic mass is 79.9. The average molecular weight is 389 g/mol. The predicted molar refractivity (Wildman–Crippen MR) is 85.5 cm³/mol. The Morgan fingerprint density at radius 2 is 1.79 bits per heavy atom. The van der Waals surface area contributed by atoms with Gasteiger partial charge in [-0.3, -0.25) is 4.79 Å². The molecule has 1 aromatic carbocycles. The number of rotatable bonds is 4. The molecule has 1 aliphatic carbocycles. The van der Waals surface area contributed by atoms with Crippen molar-refractivity contribution in [3.63, 3.8) is 0 Å². The number of hydrogen-bond acceptors (Lipinski definition) is 1. The van der Waals surface area contributed by atoms with Crippen LogP contribution < -0.4 is 5.32 Å². The van der Waals surface area contributed by atoms with E-state index in [0.717, 1.165) is 34.1 Å². The Morgan fingerprint density at radius 1 is 1.16 bits per heavy atom. The Labute approximate surface area is 131 Å². The summed E-state index contributed by atoms with van der Waals surface area (Å²) in [5.41, 5.74) is 1.06. The van der Waals surface area contributed by atoms with Crippen LogP contribution >= 0.6 is 31.9 Å². The minimum absolute atomic E-state index is 0.143. The monoisotopic (exact) mass is 387 g/mol. The molecule has 0 unspecified atom stereocenters.